The molecular formula is C19H35N3O. The highest BCUT2D eigenvalue weighted by Gasteiger charge is 2.30. The second-order valence-corrected chi connectivity index (χ2v) is 8.14. The summed E-state index contributed by atoms with van der Waals surface area (Å²) < 4.78 is 0. The molecule has 0 aromatic carbocycles. The predicted molar refractivity (Wildman–Crippen MR) is 94.4 cm³/mol. The average Bonchev–Trinajstić information content (AvgIpc) is 3.05. The molecule has 3 heterocycles. The number of hydrogen-bond donors (Lipinski definition) is 1. The Hall–Kier alpha value is -0.610. The van der Waals surface area contributed by atoms with Crippen molar-refractivity contribution >= 4 is 5.91 Å². The molecule has 1 N–H and O–H groups in total. The molecule has 1 amide bonds. The van der Waals surface area contributed by atoms with Gasteiger partial charge >= 0.3 is 0 Å². The molecule has 0 aromatic heterocycles. The minimum atomic E-state index is 0.407. The van der Waals surface area contributed by atoms with Gasteiger partial charge in [-0.2, -0.15) is 0 Å². The van der Waals surface area contributed by atoms with E-state index in [1.807, 2.05) is 0 Å². The number of nitrogens with zero attached hydrogens (tertiary/aromatic N) is 2. The van der Waals surface area contributed by atoms with Crippen molar-refractivity contribution < 1.29 is 4.79 Å². The average molecular weight is 322 g/mol. The van der Waals surface area contributed by atoms with E-state index in [0.29, 0.717) is 23.7 Å². The van der Waals surface area contributed by atoms with E-state index < -0.39 is 0 Å². The zero-order valence-corrected chi connectivity index (χ0v) is 14.9. The Morgan fingerprint density at radius 2 is 1.96 bits per heavy atom. The summed E-state index contributed by atoms with van der Waals surface area (Å²) in [5.41, 5.74) is 0. The van der Waals surface area contributed by atoms with Crippen molar-refractivity contribution in [2.45, 2.75) is 51.9 Å². The molecule has 132 valence electrons. The van der Waals surface area contributed by atoms with Gasteiger partial charge in [-0.3, -0.25) is 4.79 Å². The van der Waals surface area contributed by atoms with Gasteiger partial charge in [0, 0.05) is 26.1 Å². The molecule has 3 saturated heterocycles. The van der Waals surface area contributed by atoms with Crippen LogP contribution in [0, 0.1) is 17.8 Å². The minimum absolute atomic E-state index is 0.407. The van der Waals surface area contributed by atoms with Crippen LogP contribution in [0.5, 0.6) is 0 Å². The van der Waals surface area contributed by atoms with Gasteiger partial charge in [-0.1, -0.05) is 13.3 Å². The highest BCUT2D eigenvalue weighted by Crippen LogP contribution is 2.25. The van der Waals surface area contributed by atoms with E-state index in [9.17, 15) is 4.79 Å². The maximum absolute atomic E-state index is 12.6. The quantitative estimate of drug-likeness (QED) is 0.844. The van der Waals surface area contributed by atoms with Crippen molar-refractivity contribution in [2.75, 3.05) is 45.8 Å². The molecule has 0 bridgehead atoms. The van der Waals surface area contributed by atoms with Gasteiger partial charge in [-0.05, 0) is 76.0 Å². The first-order chi connectivity index (χ1) is 11.2. The Balaban J connectivity index is 1.39. The molecule has 3 aliphatic rings. The molecule has 23 heavy (non-hydrogen) atoms. The van der Waals surface area contributed by atoms with Crippen LogP contribution < -0.4 is 5.32 Å². The van der Waals surface area contributed by atoms with Gasteiger partial charge in [-0.25, -0.2) is 0 Å². The van der Waals surface area contributed by atoms with Crippen LogP contribution in [0.1, 0.15) is 51.9 Å². The summed E-state index contributed by atoms with van der Waals surface area (Å²) in [5, 5.41) is 3.48. The molecule has 0 saturated carbocycles. The Bertz CT molecular complexity index is 375. The molecule has 3 aliphatic heterocycles. The van der Waals surface area contributed by atoms with Crippen LogP contribution in [0.4, 0.5) is 0 Å². The molecule has 0 aromatic rings. The topological polar surface area (TPSA) is 35.6 Å². The van der Waals surface area contributed by atoms with Crippen LogP contribution in [-0.2, 0) is 4.79 Å². The van der Waals surface area contributed by atoms with Crippen molar-refractivity contribution in [3.8, 4) is 0 Å². The summed E-state index contributed by atoms with van der Waals surface area (Å²) in [6.07, 6.45) is 8.65. The van der Waals surface area contributed by atoms with E-state index in [2.05, 4.69) is 22.0 Å². The second kappa shape index (κ2) is 8.48. The van der Waals surface area contributed by atoms with Crippen LogP contribution in [0.25, 0.3) is 0 Å². The number of nitrogens with one attached hydrogen (secondary N) is 1. The van der Waals surface area contributed by atoms with Crippen LogP contribution >= 0.6 is 0 Å². The molecule has 3 rings (SSSR count). The fraction of sp³-hybridized carbons (Fsp3) is 0.947. The largest absolute Gasteiger partial charge is 0.342 e. The Morgan fingerprint density at radius 1 is 1.13 bits per heavy atom. The van der Waals surface area contributed by atoms with Crippen molar-refractivity contribution in [1.29, 1.82) is 0 Å². The lowest BCUT2D eigenvalue weighted by atomic mass is 9.85. The monoisotopic (exact) mass is 321 g/mol. The molecule has 0 spiro atoms. The minimum Gasteiger partial charge on any atom is -0.342 e. The molecular weight excluding hydrogens is 286 g/mol. The van der Waals surface area contributed by atoms with E-state index in [0.717, 1.165) is 32.6 Å². The van der Waals surface area contributed by atoms with Crippen LogP contribution in [0.3, 0.4) is 0 Å². The first-order valence-electron chi connectivity index (χ1n) is 9.93. The third-order valence-corrected chi connectivity index (χ3v) is 6.24. The summed E-state index contributed by atoms with van der Waals surface area (Å²) in [4.78, 5) is 17.4. The predicted octanol–water partition coefficient (Wildman–Crippen LogP) is 2.35. The van der Waals surface area contributed by atoms with E-state index >= 15 is 0 Å². The Morgan fingerprint density at radius 3 is 2.70 bits per heavy atom. The fourth-order valence-electron chi connectivity index (χ4n) is 4.65. The number of amides is 1. The van der Waals surface area contributed by atoms with Crippen molar-refractivity contribution in [3.05, 3.63) is 0 Å². The van der Waals surface area contributed by atoms with Crippen molar-refractivity contribution in [2.24, 2.45) is 17.8 Å². The van der Waals surface area contributed by atoms with Gasteiger partial charge in [0.05, 0.1) is 0 Å². The number of carbonyl (C=O) groups is 1. The lowest BCUT2D eigenvalue weighted by Gasteiger charge is -2.30. The van der Waals surface area contributed by atoms with Gasteiger partial charge in [0.2, 0.25) is 5.91 Å². The maximum Gasteiger partial charge on any atom is 0.222 e. The molecule has 3 unspecified atom stereocenters. The number of likely N-dealkylation sites (tertiary alicyclic amines) is 2. The standard InChI is InChI=1S/C19H35N3O/c1-16(18-6-5-8-20-13-18)12-19(23)22-11-7-17(15-22)14-21-9-3-2-4-10-21/h16-18,20H,2-15H2,1H3. The molecule has 0 radical (unpaired) electrons. The molecule has 0 aliphatic carbocycles. The van der Waals surface area contributed by atoms with Gasteiger partial charge in [0.15, 0.2) is 0 Å². The smallest absolute Gasteiger partial charge is 0.222 e. The fourth-order valence-corrected chi connectivity index (χ4v) is 4.65. The molecule has 4 heteroatoms. The van der Waals surface area contributed by atoms with Gasteiger partial charge in [0.1, 0.15) is 0 Å². The summed E-state index contributed by atoms with van der Waals surface area (Å²) in [5.74, 6) is 2.34. The number of rotatable bonds is 5. The maximum atomic E-state index is 12.6. The first-order valence-corrected chi connectivity index (χ1v) is 9.93. The van der Waals surface area contributed by atoms with E-state index in [4.69, 9.17) is 0 Å². The highest BCUT2D eigenvalue weighted by molar-refractivity contribution is 5.76. The van der Waals surface area contributed by atoms with Crippen molar-refractivity contribution in [3.63, 3.8) is 0 Å². The molecule has 4 nitrogen and oxygen atoms in total. The summed E-state index contributed by atoms with van der Waals surface area (Å²) >= 11 is 0. The normalized spacial score (nSPS) is 31.3. The van der Waals surface area contributed by atoms with E-state index in [1.165, 1.54) is 58.2 Å². The zero-order valence-electron chi connectivity index (χ0n) is 14.9. The summed E-state index contributed by atoms with van der Waals surface area (Å²) in [7, 11) is 0. The summed E-state index contributed by atoms with van der Waals surface area (Å²) in [6.45, 7) is 10.3. The Kier molecular flexibility index (Phi) is 6.35. The van der Waals surface area contributed by atoms with Crippen molar-refractivity contribution in [1.82, 2.24) is 15.1 Å². The third-order valence-electron chi connectivity index (χ3n) is 6.24. The number of hydrogen-bond acceptors (Lipinski definition) is 3. The van der Waals surface area contributed by atoms with Crippen LogP contribution in [0.2, 0.25) is 0 Å². The second-order valence-electron chi connectivity index (χ2n) is 8.14. The highest BCUT2D eigenvalue weighted by atomic mass is 16.2. The lowest BCUT2D eigenvalue weighted by molar-refractivity contribution is -0.131. The first kappa shape index (κ1) is 17.2. The number of piperidine rings is 2. The zero-order chi connectivity index (χ0) is 16.1. The summed E-state index contributed by atoms with van der Waals surface area (Å²) in [6, 6.07) is 0. The third kappa shape index (κ3) is 4.93. The lowest BCUT2D eigenvalue weighted by Crippen LogP contribution is -2.38. The van der Waals surface area contributed by atoms with Gasteiger partial charge in [-0.15, -0.1) is 0 Å². The number of carbonyl (C=O) groups excluding carboxylic acids is 1. The van der Waals surface area contributed by atoms with E-state index in [1.54, 1.807) is 0 Å². The molecule has 3 atom stereocenters. The van der Waals surface area contributed by atoms with Crippen LogP contribution in [0.15, 0.2) is 0 Å². The molecule has 3 fully saturated rings. The van der Waals surface area contributed by atoms with Crippen LogP contribution in [-0.4, -0.2) is 61.5 Å². The van der Waals surface area contributed by atoms with Gasteiger partial charge < -0.3 is 15.1 Å². The Labute approximate surface area is 142 Å². The SMILES string of the molecule is CC(CC(=O)N1CCC(CN2CCCCC2)C1)C1CCCNC1. The van der Waals surface area contributed by atoms with E-state index in [-0.39, 0.29) is 0 Å². The van der Waals surface area contributed by atoms with Gasteiger partial charge in [0.25, 0.3) is 0 Å².